The maximum absolute atomic E-state index is 12.2. The van der Waals surface area contributed by atoms with Gasteiger partial charge in [-0.05, 0) is 63.5 Å². The lowest BCUT2D eigenvalue weighted by Gasteiger charge is -2.06. The first-order valence-corrected chi connectivity index (χ1v) is 9.51. The fraction of sp³-hybridized carbons (Fsp3) is 0. The van der Waals surface area contributed by atoms with Crippen molar-refractivity contribution in [1.29, 1.82) is 0 Å². The second-order valence-corrected chi connectivity index (χ2v) is 8.24. The lowest BCUT2D eigenvalue weighted by Crippen LogP contribution is -2.09. The molecule has 8 heteroatoms. The van der Waals surface area contributed by atoms with Gasteiger partial charge >= 0.3 is 5.97 Å². The number of carbonyl (C=O) groups excluding carboxylic acids is 1. The highest BCUT2D eigenvalue weighted by Crippen LogP contribution is 2.27. The van der Waals surface area contributed by atoms with Gasteiger partial charge in [-0.15, -0.1) is 11.3 Å². The number of fused-ring (bicyclic) bond motifs is 1. The monoisotopic (exact) mass is 441 g/mol. The van der Waals surface area contributed by atoms with Crippen molar-refractivity contribution in [1.82, 2.24) is 10.2 Å². The number of hydrogen-bond acceptors (Lipinski definition) is 4. The minimum absolute atomic E-state index is 0.00910. The van der Waals surface area contributed by atoms with E-state index in [1.165, 1.54) is 11.3 Å². The van der Waals surface area contributed by atoms with Gasteiger partial charge < -0.3 is 10.4 Å². The number of anilines is 1. The second kappa shape index (κ2) is 6.98. The van der Waals surface area contributed by atoms with Crippen LogP contribution in [-0.4, -0.2) is 27.2 Å². The third-order valence-corrected chi connectivity index (χ3v) is 5.66. The van der Waals surface area contributed by atoms with E-state index in [2.05, 4.69) is 31.4 Å². The Labute approximate surface area is 166 Å². The van der Waals surface area contributed by atoms with E-state index in [1.54, 1.807) is 12.1 Å². The van der Waals surface area contributed by atoms with Crippen LogP contribution in [0.4, 0.5) is 5.69 Å². The maximum Gasteiger partial charge on any atom is 0.357 e. The Morgan fingerprint density at radius 3 is 2.44 bits per heavy atom. The number of aromatic carboxylic acids is 1. The molecule has 0 saturated carbocycles. The number of carboxylic acid groups (broad SMARTS) is 1. The maximum atomic E-state index is 12.2. The van der Waals surface area contributed by atoms with Gasteiger partial charge in [0.05, 0.1) is 14.2 Å². The van der Waals surface area contributed by atoms with Crippen molar-refractivity contribution in [2.24, 2.45) is 0 Å². The summed E-state index contributed by atoms with van der Waals surface area (Å²) < 4.78 is 0.906. The predicted octanol–water partition coefficient (Wildman–Crippen LogP) is 5.00. The van der Waals surface area contributed by atoms with Gasteiger partial charge in [0.1, 0.15) is 0 Å². The molecule has 0 spiro atoms. The number of carbonyl (C=O) groups is 2. The third kappa shape index (κ3) is 3.49. The molecule has 134 valence electrons. The molecule has 0 atom stereocenters. The van der Waals surface area contributed by atoms with Crippen molar-refractivity contribution in [2.75, 3.05) is 5.32 Å². The summed E-state index contributed by atoms with van der Waals surface area (Å²) in [5.41, 5.74) is 3.23. The van der Waals surface area contributed by atoms with Gasteiger partial charge in [0.25, 0.3) is 5.91 Å². The number of nitrogens with zero attached hydrogens (tertiary/aromatic N) is 1. The first-order chi connectivity index (χ1) is 13.0. The minimum Gasteiger partial charge on any atom is -0.476 e. The molecule has 0 radical (unpaired) electrons. The first kappa shape index (κ1) is 17.4. The van der Waals surface area contributed by atoms with Crippen LogP contribution in [-0.2, 0) is 0 Å². The predicted molar refractivity (Wildman–Crippen MR) is 108 cm³/mol. The van der Waals surface area contributed by atoms with Crippen molar-refractivity contribution < 1.29 is 14.7 Å². The Hall–Kier alpha value is -2.97. The zero-order valence-corrected chi connectivity index (χ0v) is 16.1. The van der Waals surface area contributed by atoms with Crippen molar-refractivity contribution in [3.63, 3.8) is 0 Å². The number of H-pyrrole nitrogens is 1. The molecule has 0 aliphatic rings. The zero-order chi connectivity index (χ0) is 19.0. The van der Waals surface area contributed by atoms with Crippen LogP contribution in [0.5, 0.6) is 0 Å². The SMILES string of the molecule is O=C(Nc1ccc(-c2ccc3c(C(=O)O)n[nH]c3c2)cc1)c1ccc(Br)s1. The van der Waals surface area contributed by atoms with Crippen molar-refractivity contribution >= 4 is 55.7 Å². The van der Waals surface area contributed by atoms with Gasteiger partial charge in [0, 0.05) is 11.1 Å². The lowest BCUT2D eigenvalue weighted by atomic mass is 10.0. The zero-order valence-electron chi connectivity index (χ0n) is 13.7. The Morgan fingerprint density at radius 2 is 1.78 bits per heavy atom. The van der Waals surface area contributed by atoms with Crippen LogP contribution in [0.15, 0.2) is 58.4 Å². The fourth-order valence-corrected chi connectivity index (χ4v) is 4.02. The average molecular weight is 442 g/mol. The molecule has 0 fully saturated rings. The van der Waals surface area contributed by atoms with Crippen molar-refractivity contribution in [3.8, 4) is 11.1 Å². The quantitative estimate of drug-likeness (QED) is 0.414. The average Bonchev–Trinajstić information content (AvgIpc) is 3.28. The van der Waals surface area contributed by atoms with E-state index < -0.39 is 5.97 Å². The molecule has 0 aliphatic carbocycles. The van der Waals surface area contributed by atoms with E-state index in [4.69, 9.17) is 5.11 Å². The van der Waals surface area contributed by atoms with Crippen LogP contribution in [0, 0.1) is 0 Å². The van der Waals surface area contributed by atoms with Gasteiger partial charge in [0.15, 0.2) is 5.69 Å². The standard InChI is InChI=1S/C19H12BrN3O3S/c20-16-8-7-15(27-16)18(24)21-12-4-1-10(2-5-12)11-3-6-13-14(9-11)22-23-17(13)19(25)26/h1-9H,(H,21,24)(H,22,23)(H,25,26). The molecule has 0 saturated heterocycles. The molecule has 0 unspecified atom stereocenters. The molecule has 6 nitrogen and oxygen atoms in total. The van der Waals surface area contributed by atoms with E-state index in [0.29, 0.717) is 21.5 Å². The Balaban J connectivity index is 1.56. The van der Waals surface area contributed by atoms with Crippen LogP contribution < -0.4 is 5.32 Å². The molecule has 4 aromatic rings. The number of carboxylic acids is 1. The summed E-state index contributed by atoms with van der Waals surface area (Å²) in [6.07, 6.45) is 0. The molecular formula is C19H12BrN3O3S. The smallest absolute Gasteiger partial charge is 0.357 e. The highest BCUT2D eigenvalue weighted by atomic mass is 79.9. The molecule has 3 N–H and O–H groups in total. The molecule has 0 bridgehead atoms. The molecule has 1 amide bonds. The number of amides is 1. The highest BCUT2D eigenvalue weighted by Gasteiger charge is 2.13. The largest absolute Gasteiger partial charge is 0.476 e. The number of aromatic nitrogens is 2. The number of halogens is 1. The summed E-state index contributed by atoms with van der Waals surface area (Å²) in [7, 11) is 0. The lowest BCUT2D eigenvalue weighted by molar-refractivity contribution is 0.0692. The highest BCUT2D eigenvalue weighted by molar-refractivity contribution is 9.11. The molecular weight excluding hydrogens is 430 g/mol. The minimum atomic E-state index is -1.06. The van der Waals surface area contributed by atoms with E-state index in [0.717, 1.165) is 14.9 Å². The number of aromatic amines is 1. The summed E-state index contributed by atoms with van der Waals surface area (Å²) in [5, 5.41) is 19.1. The number of benzene rings is 2. The van der Waals surface area contributed by atoms with Gasteiger partial charge in [-0.3, -0.25) is 9.89 Å². The summed E-state index contributed by atoms with van der Waals surface area (Å²) in [4.78, 5) is 24.0. The van der Waals surface area contributed by atoms with Crippen LogP contribution in [0.25, 0.3) is 22.0 Å². The molecule has 2 aromatic carbocycles. The van der Waals surface area contributed by atoms with E-state index in [1.807, 2.05) is 42.5 Å². The van der Waals surface area contributed by atoms with Crippen LogP contribution in [0.3, 0.4) is 0 Å². The van der Waals surface area contributed by atoms with E-state index in [9.17, 15) is 9.59 Å². The normalized spacial score (nSPS) is 10.9. The molecule has 27 heavy (non-hydrogen) atoms. The van der Waals surface area contributed by atoms with E-state index in [-0.39, 0.29) is 11.6 Å². The summed E-state index contributed by atoms with van der Waals surface area (Å²) in [6, 6.07) is 16.5. The van der Waals surface area contributed by atoms with E-state index >= 15 is 0 Å². The number of thiophene rings is 1. The topological polar surface area (TPSA) is 95.1 Å². The molecule has 2 aromatic heterocycles. The Bertz CT molecular complexity index is 1160. The van der Waals surface area contributed by atoms with Gasteiger partial charge in [-0.2, -0.15) is 5.10 Å². The third-order valence-electron chi connectivity index (χ3n) is 4.04. The van der Waals surface area contributed by atoms with Crippen LogP contribution in [0.1, 0.15) is 20.2 Å². The summed E-state index contributed by atoms with van der Waals surface area (Å²) in [5.74, 6) is -1.22. The number of rotatable bonds is 4. The molecule has 2 heterocycles. The van der Waals surface area contributed by atoms with Crippen molar-refractivity contribution in [3.05, 3.63) is 69.0 Å². The summed E-state index contributed by atoms with van der Waals surface area (Å²) >= 11 is 4.72. The first-order valence-electron chi connectivity index (χ1n) is 7.90. The van der Waals surface area contributed by atoms with Gasteiger partial charge in [-0.1, -0.05) is 18.2 Å². The van der Waals surface area contributed by atoms with Crippen LogP contribution in [0.2, 0.25) is 0 Å². The number of hydrogen-bond donors (Lipinski definition) is 3. The van der Waals surface area contributed by atoms with Gasteiger partial charge in [-0.25, -0.2) is 4.79 Å². The Kier molecular flexibility index (Phi) is 4.51. The van der Waals surface area contributed by atoms with Crippen LogP contribution >= 0.6 is 27.3 Å². The second-order valence-electron chi connectivity index (χ2n) is 5.77. The molecule has 0 aliphatic heterocycles. The molecule has 4 rings (SSSR count). The van der Waals surface area contributed by atoms with Gasteiger partial charge in [0.2, 0.25) is 0 Å². The number of nitrogens with one attached hydrogen (secondary N) is 2. The summed E-state index contributed by atoms with van der Waals surface area (Å²) in [6.45, 7) is 0. The van der Waals surface area contributed by atoms with Crippen molar-refractivity contribution in [2.45, 2.75) is 0 Å². The Morgan fingerprint density at radius 1 is 1.04 bits per heavy atom. The fourth-order valence-electron chi connectivity index (χ4n) is 2.74.